The quantitative estimate of drug-likeness (QED) is 0.895. The van der Waals surface area contributed by atoms with Gasteiger partial charge >= 0.3 is 0 Å². The molecule has 1 aliphatic rings. The van der Waals surface area contributed by atoms with Crippen LogP contribution in [0.3, 0.4) is 0 Å². The van der Waals surface area contributed by atoms with Crippen LogP contribution < -0.4 is 4.90 Å². The Kier molecular flexibility index (Phi) is 3.77. The van der Waals surface area contributed by atoms with Crippen LogP contribution in [0.25, 0.3) is 0 Å². The van der Waals surface area contributed by atoms with Gasteiger partial charge in [-0.25, -0.2) is 4.98 Å². The van der Waals surface area contributed by atoms with Gasteiger partial charge in [-0.2, -0.15) is 5.26 Å². The molecule has 0 spiro atoms. The van der Waals surface area contributed by atoms with E-state index in [9.17, 15) is 5.11 Å². The highest BCUT2D eigenvalue weighted by Gasteiger charge is 2.35. The van der Waals surface area contributed by atoms with Crippen molar-refractivity contribution in [2.75, 3.05) is 18.0 Å². The summed E-state index contributed by atoms with van der Waals surface area (Å²) in [5, 5.41) is 27.6. The predicted molar refractivity (Wildman–Crippen MR) is 80.1 cm³/mol. The molecule has 3 heterocycles. The van der Waals surface area contributed by atoms with E-state index in [1.165, 1.54) is 0 Å². The van der Waals surface area contributed by atoms with E-state index in [1.807, 2.05) is 23.8 Å². The van der Waals surface area contributed by atoms with Gasteiger partial charge in [-0.15, -0.1) is 10.2 Å². The minimum Gasteiger partial charge on any atom is -0.388 e. The fourth-order valence-corrected chi connectivity index (χ4v) is 2.88. The SMILES string of the molecule is Cn1cnnc1CC1(O)CCCN(c2ccc(C#N)nc2)C1. The molecule has 7 heteroatoms. The van der Waals surface area contributed by atoms with Crippen molar-refractivity contribution in [3.63, 3.8) is 0 Å². The number of aliphatic hydroxyl groups is 1. The molecule has 0 radical (unpaired) electrons. The summed E-state index contributed by atoms with van der Waals surface area (Å²) < 4.78 is 1.83. The highest BCUT2D eigenvalue weighted by Crippen LogP contribution is 2.28. The van der Waals surface area contributed by atoms with E-state index in [-0.39, 0.29) is 0 Å². The first-order valence-electron chi connectivity index (χ1n) is 7.26. The van der Waals surface area contributed by atoms with Crippen LogP contribution in [-0.4, -0.2) is 43.5 Å². The number of pyridine rings is 1. The van der Waals surface area contributed by atoms with Crippen molar-refractivity contribution in [3.8, 4) is 6.07 Å². The van der Waals surface area contributed by atoms with E-state index < -0.39 is 5.60 Å². The fourth-order valence-electron chi connectivity index (χ4n) is 2.88. The number of aryl methyl sites for hydroxylation is 1. The fraction of sp³-hybridized carbons (Fsp3) is 0.467. The number of nitriles is 1. The van der Waals surface area contributed by atoms with Crippen LogP contribution in [0.1, 0.15) is 24.4 Å². The van der Waals surface area contributed by atoms with Crippen LogP contribution in [-0.2, 0) is 13.5 Å². The Bertz CT molecular complexity index is 689. The van der Waals surface area contributed by atoms with E-state index >= 15 is 0 Å². The summed E-state index contributed by atoms with van der Waals surface area (Å²) in [6.07, 6.45) is 5.44. The van der Waals surface area contributed by atoms with Crippen molar-refractivity contribution in [2.24, 2.45) is 7.05 Å². The number of piperidine rings is 1. The molecule has 2 aromatic rings. The van der Waals surface area contributed by atoms with Gasteiger partial charge in [0, 0.05) is 26.6 Å². The molecule has 2 aromatic heterocycles. The Morgan fingerprint density at radius 1 is 1.45 bits per heavy atom. The minimum atomic E-state index is -0.826. The highest BCUT2D eigenvalue weighted by atomic mass is 16.3. The third kappa shape index (κ3) is 2.92. The molecule has 22 heavy (non-hydrogen) atoms. The number of β-amino-alcohol motifs (C(OH)–C–C–N with tert-alkyl or cyclic N) is 1. The van der Waals surface area contributed by atoms with E-state index in [4.69, 9.17) is 5.26 Å². The second-order valence-electron chi connectivity index (χ2n) is 5.80. The molecule has 7 nitrogen and oxygen atoms in total. The molecule has 1 fully saturated rings. The van der Waals surface area contributed by atoms with Crippen LogP contribution >= 0.6 is 0 Å². The first kappa shape index (κ1) is 14.5. The summed E-state index contributed by atoms with van der Waals surface area (Å²) in [5.74, 6) is 0.780. The number of hydrogen-bond acceptors (Lipinski definition) is 6. The molecule has 0 saturated carbocycles. The Morgan fingerprint density at radius 3 is 2.95 bits per heavy atom. The van der Waals surface area contributed by atoms with E-state index in [0.29, 0.717) is 18.7 Å². The summed E-state index contributed by atoms with van der Waals surface area (Å²) in [7, 11) is 1.88. The average molecular weight is 298 g/mol. The monoisotopic (exact) mass is 298 g/mol. The van der Waals surface area contributed by atoms with Crippen molar-refractivity contribution < 1.29 is 5.11 Å². The van der Waals surface area contributed by atoms with Crippen molar-refractivity contribution in [2.45, 2.75) is 24.9 Å². The zero-order valence-corrected chi connectivity index (χ0v) is 12.5. The van der Waals surface area contributed by atoms with Crippen LogP contribution in [0.4, 0.5) is 5.69 Å². The van der Waals surface area contributed by atoms with Gasteiger partial charge in [0.05, 0.1) is 17.5 Å². The van der Waals surface area contributed by atoms with Crippen molar-refractivity contribution >= 4 is 5.69 Å². The third-order valence-corrected chi connectivity index (χ3v) is 4.08. The molecule has 1 N–H and O–H groups in total. The second-order valence-corrected chi connectivity index (χ2v) is 5.80. The Morgan fingerprint density at radius 2 is 2.32 bits per heavy atom. The Balaban J connectivity index is 1.75. The van der Waals surface area contributed by atoms with Crippen LogP contribution in [0.15, 0.2) is 24.7 Å². The molecule has 1 saturated heterocycles. The van der Waals surface area contributed by atoms with Crippen molar-refractivity contribution in [3.05, 3.63) is 36.2 Å². The molecule has 1 aliphatic heterocycles. The summed E-state index contributed by atoms with van der Waals surface area (Å²) >= 11 is 0. The molecule has 0 bridgehead atoms. The zero-order valence-electron chi connectivity index (χ0n) is 12.5. The molecular formula is C15H18N6O. The topological polar surface area (TPSA) is 90.9 Å². The van der Waals surface area contributed by atoms with Gasteiger partial charge in [-0.05, 0) is 25.0 Å². The highest BCUT2D eigenvalue weighted by molar-refractivity contribution is 5.46. The molecule has 1 atom stereocenters. The number of anilines is 1. The number of aromatic nitrogens is 4. The summed E-state index contributed by atoms with van der Waals surface area (Å²) in [4.78, 5) is 6.20. The Labute approximate surface area is 128 Å². The standard InChI is InChI=1S/C15H18N6O/c1-20-11-18-19-14(20)7-15(22)5-2-6-21(10-15)13-4-3-12(8-16)17-9-13/h3-4,9,11,22H,2,5-7,10H2,1H3. The largest absolute Gasteiger partial charge is 0.388 e. The maximum absolute atomic E-state index is 10.9. The smallest absolute Gasteiger partial charge is 0.140 e. The van der Waals surface area contributed by atoms with E-state index in [0.717, 1.165) is 30.9 Å². The maximum atomic E-state index is 10.9. The number of nitrogens with zero attached hydrogens (tertiary/aromatic N) is 6. The first-order valence-corrected chi connectivity index (χ1v) is 7.26. The van der Waals surface area contributed by atoms with Gasteiger partial charge < -0.3 is 14.6 Å². The zero-order chi connectivity index (χ0) is 15.6. The van der Waals surface area contributed by atoms with Gasteiger partial charge in [0.2, 0.25) is 0 Å². The predicted octanol–water partition coefficient (Wildman–Crippen LogP) is 0.656. The Hall–Kier alpha value is -2.46. The van der Waals surface area contributed by atoms with Gasteiger partial charge in [0.1, 0.15) is 23.9 Å². The third-order valence-electron chi connectivity index (χ3n) is 4.08. The van der Waals surface area contributed by atoms with E-state index in [1.54, 1.807) is 18.6 Å². The molecule has 1 unspecified atom stereocenters. The van der Waals surface area contributed by atoms with E-state index in [2.05, 4.69) is 20.1 Å². The lowest BCUT2D eigenvalue weighted by Gasteiger charge is -2.40. The molecular weight excluding hydrogens is 280 g/mol. The minimum absolute atomic E-state index is 0.398. The number of rotatable bonds is 3. The normalized spacial score (nSPS) is 21.6. The van der Waals surface area contributed by atoms with Crippen molar-refractivity contribution in [1.29, 1.82) is 5.26 Å². The lowest BCUT2D eigenvalue weighted by atomic mass is 9.89. The van der Waals surface area contributed by atoms with Crippen LogP contribution in [0, 0.1) is 11.3 Å². The lowest BCUT2D eigenvalue weighted by Crippen LogP contribution is -2.50. The molecule has 0 aromatic carbocycles. The van der Waals surface area contributed by atoms with Crippen molar-refractivity contribution in [1.82, 2.24) is 19.7 Å². The lowest BCUT2D eigenvalue weighted by molar-refractivity contribution is 0.0238. The van der Waals surface area contributed by atoms with Gasteiger partial charge in [0.25, 0.3) is 0 Å². The first-order chi connectivity index (χ1) is 10.6. The number of hydrogen-bond donors (Lipinski definition) is 1. The second kappa shape index (κ2) is 5.73. The average Bonchev–Trinajstić information content (AvgIpc) is 2.92. The molecule has 0 aliphatic carbocycles. The van der Waals surface area contributed by atoms with Gasteiger partial charge in [-0.3, -0.25) is 0 Å². The summed E-state index contributed by atoms with van der Waals surface area (Å²) in [6.45, 7) is 1.39. The van der Waals surface area contributed by atoms with Gasteiger partial charge in [0.15, 0.2) is 0 Å². The molecule has 3 rings (SSSR count). The molecule has 114 valence electrons. The van der Waals surface area contributed by atoms with Crippen LogP contribution in [0.5, 0.6) is 0 Å². The molecule has 0 amide bonds. The summed E-state index contributed by atoms with van der Waals surface area (Å²) in [6, 6.07) is 5.59. The summed E-state index contributed by atoms with van der Waals surface area (Å²) in [5.41, 5.74) is 0.498. The van der Waals surface area contributed by atoms with Crippen LogP contribution in [0.2, 0.25) is 0 Å². The van der Waals surface area contributed by atoms with Gasteiger partial charge in [-0.1, -0.05) is 0 Å². The maximum Gasteiger partial charge on any atom is 0.140 e.